The summed E-state index contributed by atoms with van der Waals surface area (Å²) in [6.07, 6.45) is 6.40. The summed E-state index contributed by atoms with van der Waals surface area (Å²) in [6, 6.07) is 0.139. The lowest BCUT2D eigenvalue weighted by Crippen LogP contribution is -2.50. The second kappa shape index (κ2) is 6.02. The quantitative estimate of drug-likeness (QED) is 0.793. The van der Waals surface area contributed by atoms with Gasteiger partial charge in [0.05, 0.1) is 0 Å². The van der Waals surface area contributed by atoms with Gasteiger partial charge in [-0.2, -0.15) is 0 Å². The number of rotatable bonds is 6. The van der Waals surface area contributed by atoms with Crippen LogP contribution in [0.1, 0.15) is 45.4 Å². The highest BCUT2D eigenvalue weighted by molar-refractivity contribution is 7.93. The van der Waals surface area contributed by atoms with E-state index in [-0.39, 0.29) is 11.9 Å². The van der Waals surface area contributed by atoms with E-state index in [4.69, 9.17) is 0 Å². The van der Waals surface area contributed by atoms with Gasteiger partial charge in [0, 0.05) is 25.4 Å². The average Bonchev–Trinajstić information content (AvgIpc) is 3.18. The molecule has 0 unspecified atom stereocenters. The van der Waals surface area contributed by atoms with Crippen LogP contribution in [0.15, 0.2) is 0 Å². The molecular weight excluding hydrogens is 276 g/mol. The smallest absolute Gasteiger partial charge is 0.241 e. The van der Waals surface area contributed by atoms with Crippen molar-refractivity contribution in [2.75, 3.05) is 25.9 Å². The number of amides is 1. The summed E-state index contributed by atoms with van der Waals surface area (Å²) >= 11 is 0. The Kier molecular flexibility index (Phi) is 4.74. The molecule has 1 amide bonds. The van der Waals surface area contributed by atoms with Crippen LogP contribution < -0.4 is 5.32 Å². The molecule has 0 bridgehead atoms. The monoisotopic (exact) mass is 302 g/mol. The molecule has 1 aliphatic carbocycles. The molecule has 2 rings (SSSR count). The van der Waals surface area contributed by atoms with Gasteiger partial charge in [-0.25, -0.2) is 8.42 Å². The molecule has 116 valence electrons. The highest BCUT2D eigenvalue weighted by atomic mass is 32.2. The Labute approximate surface area is 122 Å². The van der Waals surface area contributed by atoms with Gasteiger partial charge in [-0.15, -0.1) is 0 Å². The molecule has 1 aliphatic heterocycles. The standard InChI is InChI=1S/C14H26N2O3S/c1-3-4-9-16-10-5-12(6-11-16)15-13(17)14(7-8-14)20(2,18)19/h12H,3-11H2,1-2H3,(H,15,17). The number of sulfone groups is 1. The van der Waals surface area contributed by atoms with Gasteiger partial charge in [-0.1, -0.05) is 13.3 Å². The van der Waals surface area contributed by atoms with Crippen molar-refractivity contribution in [3.05, 3.63) is 0 Å². The van der Waals surface area contributed by atoms with Crippen LogP contribution in [0.25, 0.3) is 0 Å². The summed E-state index contributed by atoms with van der Waals surface area (Å²) < 4.78 is 22.3. The van der Waals surface area contributed by atoms with Crippen LogP contribution in [0.2, 0.25) is 0 Å². The molecule has 0 aromatic heterocycles. The zero-order valence-electron chi connectivity index (χ0n) is 12.5. The molecule has 1 heterocycles. The number of carbonyl (C=O) groups is 1. The third-order valence-electron chi connectivity index (χ3n) is 4.58. The van der Waals surface area contributed by atoms with Crippen LogP contribution in [0.4, 0.5) is 0 Å². The van der Waals surface area contributed by atoms with Crippen molar-refractivity contribution < 1.29 is 13.2 Å². The predicted molar refractivity (Wildman–Crippen MR) is 79.3 cm³/mol. The van der Waals surface area contributed by atoms with Crippen LogP contribution in [-0.4, -0.2) is 55.9 Å². The molecule has 1 saturated heterocycles. The van der Waals surface area contributed by atoms with Crippen molar-refractivity contribution >= 4 is 15.7 Å². The molecule has 20 heavy (non-hydrogen) atoms. The lowest BCUT2D eigenvalue weighted by molar-refractivity contribution is -0.122. The van der Waals surface area contributed by atoms with Crippen LogP contribution in [0, 0.1) is 0 Å². The third kappa shape index (κ3) is 3.34. The zero-order valence-corrected chi connectivity index (χ0v) is 13.3. The van der Waals surface area contributed by atoms with Crippen molar-refractivity contribution in [3.63, 3.8) is 0 Å². The van der Waals surface area contributed by atoms with E-state index in [1.807, 2.05) is 0 Å². The molecular formula is C14H26N2O3S. The predicted octanol–water partition coefficient (Wildman–Crippen LogP) is 0.944. The summed E-state index contributed by atoms with van der Waals surface area (Å²) in [4.78, 5) is 14.6. The lowest BCUT2D eigenvalue weighted by atomic mass is 10.0. The summed E-state index contributed by atoms with van der Waals surface area (Å²) in [7, 11) is -3.29. The van der Waals surface area contributed by atoms with Crippen LogP contribution in [-0.2, 0) is 14.6 Å². The Morgan fingerprint density at radius 1 is 1.30 bits per heavy atom. The Balaban J connectivity index is 1.80. The van der Waals surface area contributed by atoms with E-state index < -0.39 is 14.6 Å². The molecule has 0 spiro atoms. The number of unbranched alkanes of at least 4 members (excludes halogenated alkanes) is 1. The Morgan fingerprint density at radius 3 is 2.35 bits per heavy atom. The summed E-state index contributed by atoms with van der Waals surface area (Å²) in [6.45, 7) is 5.31. The number of nitrogens with one attached hydrogen (secondary N) is 1. The maximum atomic E-state index is 12.2. The van der Waals surface area contributed by atoms with Gasteiger partial charge < -0.3 is 10.2 Å². The minimum absolute atomic E-state index is 0.139. The molecule has 1 N–H and O–H groups in total. The summed E-state index contributed by atoms with van der Waals surface area (Å²) in [5, 5.41) is 2.96. The number of carbonyl (C=O) groups excluding carboxylic acids is 1. The van der Waals surface area contributed by atoms with Crippen LogP contribution in [0.3, 0.4) is 0 Å². The Hall–Kier alpha value is -0.620. The van der Waals surface area contributed by atoms with Gasteiger partial charge in [0.15, 0.2) is 14.6 Å². The van der Waals surface area contributed by atoms with E-state index >= 15 is 0 Å². The average molecular weight is 302 g/mol. The van der Waals surface area contributed by atoms with E-state index in [9.17, 15) is 13.2 Å². The number of hydrogen-bond acceptors (Lipinski definition) is 4. The van der Waals surface area contributed by atoms with E-state index in [0.717, 1.165) is 32.5 Å². The number of hydrogen-bond donors (Lipinski definition) is 1. The van der Waals surface area contributed by atoms with Crippen LogP contribution >= 0.6 is 0 Å². The van der Waals surface area contributed by atoms with Gasteiger partial charge in [0.1, 0.15) is 0 Å². The number of nitrogens with zero attached hydrogens (tertiary/aromatic N) is 1. The summed E-state index contributed by atoms with van der Waals surface area (Å²) in [5.74, 6) is -0.271. The summed E-state index contributed by atoms with van der Waals surface area (Å²) in [5.41, 5.74) is 0. The first-order chi connectivity index (χ1) is 9.39. The first-order valence-corrected chi connectivity index (χ1v) is 9.51. The normalized spacial score (nSPS) is 23.5. The molecule has 0 aromatic rings. The van der Waals surface area contributed by atoms with Crippen molar-refractivity contribution in [1.29, 1.82) is 0 Å². The van der Waals surface area contributed by atoms with Crippen LogP contribution in [0.5, 0.6) is 0 Å². The van der Waals surface area contributed by atoms with Gasteiger partial charge >= 0.3 is 0 Å². The van der Waals surface area contributed by atoms with E-state index in [0.29, 0.717) is 12.8 Å². The van der Waals surface area contributed by atoms with Gasteiger partial charge in [-0.05, 0) is 38.6 Å². The minimum atomic E-state index is -3.29. The Morgan fingerprint density at radius 2 is 1.90 bits per heavy atom. The first-order valence-electron chi connectivity index (χ1n) is 7.62. The fraction of sp³-hybridized carbons (Fsp3) is 0.929. The highest BCUT2D eigenvalue weighted by Crippen LogP contribution is 2.43. The topological polar surface area (TPSA) is 66.5 Å². The molecule has 0 radical (unpaired) electrons. The van der Waals surface area contributed by atoms with Gasteiger partial charge in [0.25, 0.3) is 0 Å². The maximum absolute atomic E-state index is 12.2. The minimum Gasteiger partial charge on any atom is -0.352 e. The number of likely N-dealkylation sites (tertiary alicyclic amines) is 1. The molecule has 1 saturated carbocycles. The van der Waals surface area contributed by atoms with Gasteiger partial charge in [0.2, 0.25) is 5.91 Å². The van der Waals surface area contributed by atoms with Crippen molar-refractivity contribution in [1.82, 2.24) is 10.2 Å². The van der Waals surface area contributed by atoms with Gasteiger partial charge in [-0.3, -0.25) is 4.79 Å². The molecule has 5 nitrogen and oxygen atoms in total. The van der Waals surface area contributed by atoms with Crippen molar-refractivity contribution in [2.24, 2.45) is 0 Å². The maximum Gasteiger partial charge on any atom is 0.241 e. The van der Waals surface area contributed by atoms with E-state index in [2.05, 4.69) is 17.1 Å². The largest absolute Gasteiger partial charge is 0.352 e. The highest BCUT2D eigenvalue weighted by Gasteiger charge is 2.58. The molecule has 2 fully saturated rings. The van der Waals surface area contributed by atoms with Crippen molar-refractivity contribution in [2.45, 2.75) is 56.2 Å². The molecule has 0 atom stereocenters. The number of piperidine rings is 1. The second-order valence-corrected chi connectivity index (χ2v) is 8.54. The fourth-order valence-corrected chi connectivity index (χ4v) is 4.12. The van der Waals surface area contributed by atoms with E-state index in [1.54, 1.807) is 0 Å². The van der Waals surface area contributed by atoms with Crippen molar-refractivity contribution in [3.8, 4) is 0 Å². The first kappa shape index (κ1) is 15.8. The van der Waals surface area contributed by atoms with E-state index in [1.165, 1.54) is 19.1 Å². The molecule has 0 aromatic carbocycles. The molecule has 6 heteroatoms. The third-order valence-corrected chi connectivity index (χ3v) is 6.59. The fourth-order valence-electron chi connectivity index (χ4n) is 2.88. The SMILES string of the molecule is CCCCN1CCC(NC(=O)C2(S(C)(=O)=O)CC2)CC1. The molecule has 2 aliphatic rings. The lowest BCUT2D eigenvalue weighted by Gasteiger charge is -2.32. The zero-order chi connectivity index (χ0) is 14.8. The second-order valence-electron chi connectivity index (χ2n) is 6.21. The Bertz CT molecular complexity index is 449.